The Kier molecular flexibility index (Phi) is 1.68. The van der Waals surface area contributed by atoms with Crippen molar-refractivity contribution in [3.8, 4) is 0 Å². The van der Waals surface area contributed by atoms with Gasteiger partial charge in [-0.05, 0) is 30.9 Å². The Morgan fingerprint density at radius 1 is 1.27 bits per heavy atom. The van der Waals surface area contributed by atoms with E-state index in [4.69, 9.17) is 0 Å². The summed E-state index contributed by atoms with van der Waals surface area (Å²) >= 11 is 4.47. The number of hydrogen-bond donors (Lipinski definition) is 1. The summed E-state index contributed by atoms with van der Waals surface area (Å²) in [6.45, 7) is 2.14. The first-order chi connectivity index (χ1) is 5.25. The minimum atomic E-state index is 0.562. The number of hydrogen-bond acceptors (Lipinski definition) is 1. The molecule has 0 aromatic heterocycles. The maximum atomic E-state index is 4.47. The van der Waals surface area contributed by atoms with Crippen molar-refractivity contribution in [1.82, 2.24) is 0 Å². The Balaban J connectivity index is 2.43. The standard InChI is InChI=1S/C10H12S/c1-7-2-3-8-5-10(11)6-9(8)4-7/h2-4,10-11H,5-6H2,1H3. The Bertz CT molecular complexity index is 278. The van der Waals surface area contributed by atoms with Crippen molar-refractivity contribution in [2.75, 3.05) is 0 Å². The van der Waals surface area contributed by atoms with Crippen LogP contribution in [-0.2, 0) is 12.8 Å². The molecular formula is C10H12S. The number of aryl methyl sites for hydroxylation is 1. The van der Waals surface area contributed by atoms with Gasteiger partial charge in [0.25, 0.3) is 0 Å². The van der Waals surface area contributed by atoms with E-state index in [1.54, 1.807) is 0 Å². The molecule has 1 unspecified atom stereocenters. The summed E-state index contributed by atoms with van der Waals surface area (Å²) in [7, 11) is 0. The minimum absolute atomic E-state index is 0.562. The first-order valence-electron chi connectivity index (χ1n) is 4.02. The number of benzene rings is 1. The van der Waals surface area contributed by atoms with Crippen LogP contribution in [0.3, 0.4) is 0 Å². The van der Waals surface area contributed by atoms with Gasteiger partial charge >= 0.3 is 0 Å². The first-order valence-corrected chi connectivity index (χ1v) is 4.54. The molecule has 2 rings (SSSR count). The molecule has 1 aromatic rings. The Hall–Kier alpha value is -0.430. The van der Waals surface area contributed by atoms with Gasteiger partial charge in [0.2, 0.25) is 0 Å². The first kappa shape index (κ1) is 7.23. The van der Waals surface area contributed by atoms with Gasteiger partial charge < -0.3 is 0 Å². The molecular weight excluding hydrogens is 152 g/mol. The largest absolute Gasteiger partial charge is 0.175 e. The van der Waals surface area contributed by atoms with Gasteiger partial charge in [-0.3, -0.25) is 0 Å². The average molecular weight is 164 g/mol. The molecule has 11 heavy (non-hydrogen) atoms. The fourth-order valence-corrected chi connectivity index (χ4v) is 2.12. The molecule has 1 aromatic carbocycles. The third-order valence-corrected chi connectivity index (χ3v) is 2.64. The third kappa shape index (κ3) is 1.30. The van der Waals surface area contributed by atoms with Gasteiger partial charge in [-0.1, -0.05) is 23.8 Å². The lowest BCUT2D eigenvalue weighted by Gasteiger charge is -1.97. The zero-order valence-electron chi connectivity index (χ0n) is 6.67. The van der Waals surface area contributed by atoms with Gasteiger partial charge in [0.05, 0.1) is 0 Å². The maximum absolute atomic E-state index is 4.47. The van der Waals surface area contributed by atoms with Crippen molar-refractivity contribution >= 4 is 12.6 Å². The van der Waals surface area contributed by atoms with E-state index in [9.17, 15) is 0 Å². The van der Waals surface area contributed by atoms with E-state index in [1.807, 2.05) is 0 Å². The highest BCUT2D eigenvalue weighted by atomic mass is 32.1. The molecule has 0 nitrogen and oxygen atoms in total. The van der Waals surface area contributed by atoms with Gasteiger partial charge in [0, 0.05) is 5.25 Å². The van der Waals surface area contributed by atoms with Crippen LogP contribution >= 0.6 is 12.6 Å². The molecule has 0 saturated carbocycles. The molecule has 0 heterocycles. The quantitative estimate of drug-likeness (QED) is 0.559. The van der Waals surface area contributed by atoms with Crippen LogP contribution in [0.25, 0.3) is 0 Å². The predicted octanol–water partition coefficient (Wildman–Crippen LogP) is 2.39. The molecule has 0 spiro atoms. The van der Waals surface area contributed by atoms with Crippen LogP contribution in [0.1, 0.15) is 16.7 Å². The zero-order chi connectivity index (χ0) is 7.84. The zero-order valence-corrected chi connectivity index (χ0v) is 7.57. The summed E-state index contributed by atoms with van der Waals surface area (Å²) in [6, 6.07) is 6.71. The second-order valence-corrected chi connectivity index (χ2v) is 4.06. The average Bonchev–Trinajstić information content (AvgIpc) is 2.27. The van der Waals surface area contributed by atoms with E-state index < -0.39 is 0 Å². The van der Waals surface area contributed by atoms with Crippen molar-refractivity contribution in [1.29, 1.82) is 0 Å². The molecule has 0 aliphatic heterocycles. The molecule has 0 bridgehead atoms. The fourth-order valence-electron chi connectivity index (χ4n) is 1.72. The van der Waals surface area contributed by atoms with Crippen LogP contribution in [0.2, 0.25) is 0 Å². The van der Waals surface area contributed by atoms with Crippen molar-refractivity contribution < 1.29 is 0 Å². The van der Waals surface area contributed by atoms with Crippen LogP contribution < -0.4 is 0 Å². The van der Waals surface area contributed by atoms with Crippen LogP contribution in [0, 0.1) is 6.92 Å². The molecule has 1 heteroatoms. The third-order valence-electron chi connectivity index (χ3n) is 2.27. The molecule has 1 aliphatic carbocycles. The molecule has 58 valence electrons. The smallest absolute Gasteiger partial charge is 0.00978 e. The highest BCUT2D eigenvalue weighted by Crippen LogP contribution is 2.25. The van der Waals surface area contributed by atoms with Crippen molar-refractivity contribution in [2.45, 2.75) is 25.0 Å². The minimum Gasteiger partial charge on any atom is -0.175 e. The van der Waals surface area contributed by atoms with E-state index in [2.05, 4.69) is 37.8 Å². The molecule has 1 aliphatic rings. The summed E-state index contributed by atoms with van der Waals surface area (Å²) in [5.41, 5.74) is 4.37. The number of rotatable bonds is 0. The summed E-state index contributed by atoms with van der Waals surface area (Å²) in [6.07, 6.45) is 2.30. The van der Waals surface area contributed by atoms with Crippen LogP contribution in [0.5, 0.6) is 0 Å². The molecule has 0 fully saturated rings. The van der Waals surface area contributed by atoms with Gasteiger partial charge in [-0.25, -0.2) is 0 Å². The van der Waals surface area contributed by atoms with Crippen molar-refractivity contribution in [3.63, 3.8) is 0 Å². The number of thiol groups is 1. The van der Waals surface area contributed by atoms with E-state index in [0.717, 1.165) is 12.8 Å². The lowest BCUT2D eigenvalue weighted by molar-refractivity contribution is 0.943. The molecule has 1 atom stereocenters. The summed E-state index contributed by atoms with van der Waals surface area (Å²) in [5.74, 6) is 0. The van der Waals surface area contributed by atoms with Crippen LogP contribution in [0.4, 0.5) is 0 Å². The normalized spacial score (nSPS) is 21.8. The summed E-state index contributed by atoms with van der Waals surface area (Å²) < 4.78 is 0. The van der Waals surface area contributed by atoms with Crippen LogP contribution in [-0.4, -0.2) is 5.25 Å². The second kappa shape index (κ2) is 2.56. The highest BCUT2D eigenvalue weighted by Gasteiger charge is 2.17. The molecule has 0 radical (unpaired) electrons. The van der Waals surface area contributed by atoms with E-state index in [0.29, 0.717) is 5.25 Å². The van der Waals surface area contributed by atoms with Crippen LogP contribution in [0.15, 0.2) is 18.2 Å². The van der Waals surface area contributed by atoms with Gasteiger partial charge in [0.15, 0.2) is 0 Å². The van der Waals surface area contributed by atoms with E-state index >= 15 is 0 Å². The molecule has 0 N–H and O–H groups in total. The fraction of sp³-hybridized carbons (Fsp3) is 0.400. The van der Waals surface area contributed by atoms with Crippen molar-refractivity contribution in [3.05, 3.63) is 34.9 Å². The molecule has 0 amide bonds. The topological polar surface area (TPSA) is 0 Å². The summed E-state index contributed by atoms with van der Waals surface area (Å²) in [5, 5.41) is 0.562. The van der Waals surface area contributed by atoms with Gasteiger partial charge in [-0.15, -0.1) is 0 Å². The predicted molar refractivity (Wildman–Crippen MR) is 51.4 cm³/mol. The van der Waals surface area contributed by atoms with E-state index in [1.165, 1.54) is 16.7 Å². The Labute approximate surface area is 73.0 Å². The Morgan fingerprint density at radius 2 is 2.00 bits per heavy atom. The SMILES string of the molecule is Cc1ccc2c(c1)CC(S)C2. The lowest BCUT2D eigenvalue weighted by Crippen LogP contribution is -1.94. The highest BCUT2D eigenvalue weighted by molar-refractivity contribution is 7.81. The summed E-state index contributed by atoms with van der Waals surface area (Å²) in [4.78, 5) is 0. The lowest BCUT2D eigenvalue weighted by atomic mass is 10.1. The Morgan fingerprint density at radius 3 is 2.82 bits per heavy atom. The molecule has 0 saturated heterocycles. The van der Waals surface area contributed by atoms with E-state index in [-0.39, 0.29) is 0 Å². The monoisotopic (exact) mass is 164 g/mol. The van der Waals surface area contributed by atoms with Gasteiger partial charge in [-0.2, -0.15) is 12.6 Å². The van der Waals surface area contributed by atoms with Gasteiger partial charge in [0.1, 0.15) is 0 Å². The van der Waals surface area contributed by atoms with Crippen molar-refractivity contribution in [2.24, 2.45) is 0 Å². The maximum Gasteiger partial charge on any atom is 0.00978 e. The second-order valence-electron chi connectivity index (χ2n) is 3.33. The number of fused-ring (bicyclic) bond motifs is 1.